The molecule has 3 heterocycles. The Morgan fingerprint density at radius 1 is 1.13 bits per heavy atom. The molecule has 3 amide bonds. The third-order valence-corrected chi connectivity index (χ3v) is 7.34. The van der Waals surface area contributed by atoms with E-state index in [-0.39, 0.29) is 17.5 Å². The van der Waals surface area contributed by atoms with Gasteiger partial charge in [0.25, 0.3) is 0 Å². The molecule has 3 saturated heterocycles. The predicted octanol–water partition coefficient (Wildman–Crippen LogP) is 1.90. The van der Waals surface area contributed by atoms with Gasteiger partial charge < -0.3 is 15.4 Å². The molecule has 7 nitrogen and oxygen atoms in total. The minimum absolute atomic E-state index is 0.110. The smallest absolute Gasteiger partial charge is 0.325 e. The second-order valence-electron chi connectivity index (χ2n) is 9.09. The molecule has 3 aliphatic heterocycles. The third kappa shape index (κ3) is 3.48. The van der Waals surface area contributed by atoms with E-state index >= 15 is 0 Å². The van der Waals surface area contributed by atoms with Crippen molar-refractivity contribution in [1.29, 1.82) is 0 Å². The zero-order valence-electron chi connectivity index (χ0n) is 17.5. The average Bonchev–Trinajstić information content (AvgIpc) is 3.51. The minimum Gasteiger partial charge on any atom is -0.379 e. The molecular formula is C23H31N4O3. The van der Waals surface area contributed by atoms with Crippen molar-refractivity contribution in [2.45, 2.75) is 49.6 Å². The van der Waals surface area contributed by atoms with Gasteiger partial charge in [-0.1, -0.05) is 12.1 Å². The number of hydrogen-bond donors (Lipinski definition) is 1. The van der Waals surface area contributed by atoms with Gasteiger partial charge in [0.05, 0.1) is 19.3 Å². The number of fused-ring (bicyclic) bond motifs is 1. The zero-order chi connectivity index (χ0) is 20.7. The summed E-state index contributed by atoms with van der Waals surface area (Å²) < 4.78 is 5.45. The molecule has 1 aliphatic carbocycles. The molecule has 2 atom stereocenters. The van der Waals surface area contributed by atoms with Crippen molar-refractivity contribution in [2.75, 3.05) is 44.3 Å². The number of nitrogens with two attached hydrogens (primary N) is 1. The van der Waals surface area contributed by atoms with Crippen molar-refractivity contribution < 1.29 is 14.3 Å². The summed E-state index contributed by atoms with van der Waals surface area (Å²) in [6.45, 7) is 5.50. The molecule has 161 valence electrons. The number of benzene rings is 1. The van der Waals surface area contributed by atoms with Crippen LogP contribution in [0.5, 0.6) is 0 Å². The number of morpholine rings is 1. The lowest BCUT2D eigenvalue weighted by Crippen LogP contribution is -2.48. The van der Waals surface area contributed by atoms with Gasteiger partial charge in [-0.05, 0) is 68.2 Å². The van der Waals surface area contributed by atoms with E-state index in [1.54, 1.807) is 9.80 Å². The Hall–Kier alpha value is -2.12. The number of primary amides is 1. The Kier molecular flexibility index (Phi) is 5.19. The maximum Gasteiger partial charge on any atom is 0.325 e. The van der Waals surface area contributed by atoms with E-state index in [1.165, 1.54) is 18.4 Å². The van der Waals surface area contributed by atoms with Gasteiger partial charge >= 0.3 is 6.03 Å². The molecule has 5 rings (SSSR count). The molecular weight excluding hydrogens is 380 g/mol. The van der Waals surface area contributed by atoms with Gasteiger partial charge in [0.1, 0.15) is 6.04 Å². The molecule has 1 saturated carbocycles. The number of piperidine rings is 1. The molecule has 1 aromatic carbocycles. The van der Waals surface area contributed by atoms with Crippen molar-refractivity contribution >= 4 is 17.6 Å². The standard InChI is InChI=1S/C23H31N4O3/c24-21(28)20-19-3-1-2-11-26(19)22(29)27(20)18-6-4-17(5-7-18)23(8-9-23)10-12-25-13-15-30-16-14-25/h3-7,19-20H,1-2,8-16H2,(H2,24,28)/t19-,20?/m1/s1. The molecule has 7 heteroatoms. The van der Waals surface area contributed by atoms with Crippen molar-refractivity contribution in [3.63, 3.8) is 0 Å². The van der Waals surface area contributed by atoms with Gasteiger partial charge in [-0.15, -0.1) is 0 Å². The van der Waals surface area contributed by atoms with E-state index in [1.807, 2.05) is 12.1 Å². The van der Waals surface area contributed by atoms with E-state index in [4.69, 9.17) is 10.5 Å². The van der Waals surface area contributed by atoms with E-state index in [9.17, 15) is 9.59 Å². The summed E-state index contributed by atoms with van der Waals surface area (Å²) in [5, 5.41) is 0. The maximum atomic E-state index is 13.0. The molecule has 0 bridgehead atoms. The number of anilines is 1. The fourth-order valence-corrected chi connectivity index (χ4v) is 5.33. The van der Waals surface area contributed by atoms with Gasteiger partial charge in [-0.25, -0.2) is 4.79 Å². The molecule has 1 unspecified atom stereocenters. The number of nitrogens with zero attached hydrogens (tertiary/aromatic N) is 3. The zero-order valence-corrected chi connectivity index (χ0v) is 17.5. The summed E-state index contributed by atoms with van der Waals surface area (Å²) in [5.74, 6) is -0.442. The van der Waals surface area contributed by atoms with Crippen molar-refractivity contribution in [2.24, 2.45) is 5.73 Å². The highest BCUT2D eigenvalue weighted by Crippen LogP contribution is 2.51. The molecule has 4 aliphatic rings. The Bertz CT molecular complexity index is 801. The normalized spacial score (nSPS) is 28.5. The van der Waals surface area contributed by atoms with Gasteiger partial charge in [-0.3, -0.25) is 14.6 Å². The maximum absolute atomic E-state index is 13.0. The Balaban J connectivity index is 1.32. The van der Waals surface area contributed by atoms with Crippen LogP contribution in [-0.4, -0.2) is 73.2 Å². The largest absolute Gasteiger partial charge is 0.379 e. The molecule has 0 aromatic heterocycles. The van der Waals surface area contributed by atoms with Gasteiger partial charge in [0, 0.05) is 25.3 Å². The van der Waals surface area contributed by atoms with Crippen LogP contribution in [0.1, 0.15) is 37.7 Å². The fourth-order valence-electron chi connectivity index (χ4n) is 5.33. The lowest BCUT2D eigenvalue weighted by atomic mass is 9.91. The Morgan fingerprint density at radius 2 is 1.87 bits per heavy atom. The highest BCUT2D eigenvalue weighted by molar-refractivity contribution is 6.03. The first-order chi connectivity index (χ1) is 14.6. The summed E-state index contributed by atoms with van der Waals surface area (Å²) in [6, 6.07) is 7.34. The molecule has 0 spiro atoms. The van der Waals surface area contributed by atoms with Crippen LogP contribution in [0.4, 0.5) is 10.5 Å². The van der Waals surface area contributed by atoms with Crippen molar-refractivity contribution in [3.05, 3.63) is 36.2 Å². The summed E-state index contributed by atoms with van der Waals surface area (Å²) >= 11 is 0. The third-order valence-electron chi connectivity index (χ3n) is 7.34. The van der Waals surface area contributed by atoms with Crippen LogP contribution in [-0.2, 0) is 14.9 Å². The fraction of sp³-hybridized carbons (Fsp3) is 0.609. The van der Waals surface area contributed by atoms with E-state index in [2.05, 4.69) is 23.5 Å². The van der Waals surface area contributed by atoms with Gasteiger partial charge in [-0.2, -0.15) is 0 Å². The quantitative estimate of drug-likeness (QED) is 0.776. The predicted molar refractivity (Wildman–Crippen MR) is 114 cm³/mol. The summed E-state index contributed by atoms with van der Waals surface area (Å²) in [5.41, 5.74) is 8.09. The first kappa shape index (κ1) is 19.8. The van der Waals surface area contributed by atoms with Gasteiger partial charge in [0.2, 0.25) is 5.91 Å². The number of carbonyl (C=O) groups excluding carboxylic acids is 2. The molecule has 1 aromatic rings. The van der Waals surface area contributed by atoms with Crippen LogP contribution in [0.15, 0.2) is 24.3 Å². The molecule has 1 radical (unpaired) electrons. The number of rotatable bonds is 6. The molecule has 30 heavy (non-hydrogen) atoms. The lowest BCUT2D eigenvalue weighted by Gasteiger charge is -2.29. The van der Waals surface area contributed by atoms with E-state index < -0.39 is 11.9 Å². The molecule has 4 fully saturated rings. The Labute approximate surface area is 178 Å². The minimum atomic E-state index is -0.625. The average molecular weight is 412 g/mol. The van der Waals surface area contributed by atoms with E-state index in [0.29, 0.717) is 6.54 Å². The lowest BCUT2D eigenvalue weighted by molar-refractivity contribution is -0.119. The number of hydrogen-bond acceptors (Lipinski definition) is 4. The van der Waals surface area contributed by atoms with E-state index in [0.717, 1.165) is 57.8 Å². The first-order valence-electron chi connectivity index (χ1n) is 11.2. The SMILES string of the molecule is NC(=O)C1[C@H]2[CH]CCCN2C(=O)N1c1ccc(C2(CCN3CCOCC3)CC2)cc1. The Morgan fingerprint density at radius 3 is 2.53 bits per heavy atom. The number of ether oxygens (including phenoxy) is 1. The summed E-state index contributed by atoms with van der Waals surface area (Å²) in [6.07, 6.45) is 7.50. The monoisotopic (exact) mass is 411 g/mol. The van der Waals surface area contributed by atoms with Crippen molar-refractivity contribution in [1.82, 2.24) is 9.80 Å². The summed E-state index contributed by atoms with van der Waals surface area (Å²) in [4.78, 5) is 31.1. The molecule has 2 N–H and O–H groups in total. The number of urea groups is 1. The van der Waals surface area contributed by atoms with Crippen LogP contribution in [0, 0.1) is 6.42 Å². The van der Waals surface area contributed by atoms with Crippen LogP contribution in [0.2, 0.25) is 0 Å². The van der Waals surface area contributed by atoms with Gasteiger partial charge in [0.15, 0.2) is 0 Å². The topological polar surface area (TPSA) is 79.1 Å². The number of carbonyl (C=O) groups is 2. The van der Waals surface area contributed by atoms with Crippen LogP contribution in [0.3, 0.4) is 0 Å². The second-order valence-corrected chi connectivity index (χ2v) is 9.09. The second kappa shape index (κ2) is 7.85. The first-order valence-corrected chi connectivity index (χ1v) is 11.2. The number of amides is 3. The van der Waals surface area contributed by atoms with Crippen molar-refractivity contribution in [3.8, 4) is 0 Å². The van der Waals surface area contributed by atoms with Crippen LogP contribution in [0.25, 0.3) is 0 Å². The summed E-state index contributed by atoms with van der Waals surface area (Å²) in [7, 11) is 0. The highest BCUT2D eigenvalue weighted by atomic mass is 16.5. The highest BCUT2D eigenvalue weighted by Gasteiger charge is 2.50. The van der Waals surface area contributed by atoms with Crippen LogP contribution < -0.4 is 10.6 Å². The van der Waals surface area contributed by atoms with Crippen LogP contribution >= 0.6 is 0 Å².